The second kappa shape index (κ2) is 12.5. The minimum Gasteiger partial charge on any atom is -0.497 e. The van der Waals surface area contributed by atoms with Gasteiger partial charge in [0.2, 0.25) is 11.8 Å². The van der Waals surface area contributed by atoms with Crippen LogP contribution in [0.25, 0.3) is 22.3 Å². The van der Waals surface area contributed by atoms with E-state index in [1.54, 1.807) is 26.2 Å². The summed E-state index contributed by atoms with van der Waals surface area (Å²) >= 11 is 0. The second-order valence-corrected chi connectivity index (χ2v) is 12.2. The number of nitrogens with one attached hydrogen (secondary N) is 1. The van der Waals surface area contributed by atoms with E-state index in [1.807, 2.05) is 55.5 Å². The van der Waals surface area contributed by atoms with Gasteiger partial charge in [0.1, 0.15) is 29.2 Å². The number of hydrogen-bond acceptors (Lipinski definition) is 8. The smallest absolute Gasteiger partial charge is 0.330 e. The molecule has 1 saturated carbocycles. The van der Waals surface area contributed by atoms with E-state index in [4.69, 9.17) is 24.2 Å². The third-order valence-corrected chi connectivity index (χ3v) is 9.25. The molecule has 242 valence electrons. The van der Waals surface area contributed by atoms with Crippen LogP contribution < -0.4 is 19.5 Å². The molecule has 1 aliphatic carbocycles. The number of amides is 3. The van der Waals surface area contributed by atoms with Crippen LogP contribution in [0.3, 0.4) is 0 Å². The Morgan fingerprint density at radius 3 is 2.57 bits per heavy atom. The lowest BCUT2D eigenvalue weighted by Crippen LogP contribution is -2.54. The summed E-state index contributed by atoms with van der Waals surface area (Å²) in [4.78, 5) is 52.6. The maximum absolute atomic E-state index is 13.8. The minimum atomic E-state index is -1.37. The fraction of sp³-hybridized carbons (Fsp3) is 0.441. The van der Waals surface area contributed by atoms with Gasteiger partial charge >= 0.3 is 12.0 Å². The number of carboxylic acid groups (broad SMARTS) is 1. The van der Waals surface area contributed by atoms with Crippen LogP contribution in [0.15, 0.2) is 48.6 Å². The Kier molecular flexibility index (Phi) is 8.45. The van der Waals surface area contributed by atoms with Gasteiger partial charge in [0.25, 0.3) is 0 Å². The fourth-order valence-electron chi connectivity index (χ4n) is 6.42. The van der Waals surface area contributed by atoms with Crippen LogP contribution in [0, 0.1) is 12.8 Å². The largest absolute Gasteiger partial charge is 0.497 e. The Morgan fingerprint density at radius 1 is 1.07 bits per heavy atom. The highest BCUT2D eigenvalue weighted by Crippen LogP contribution is 2.45. The van der Waals surface area contributed by atoms with Gasteiger partial charge in [-0.15, -0.1) is 0 Å². The molecule has 3 amide bonds. The highest BCUT2D eigenvalue weighted by molar-refractivity contribution is 5.95. The number of aliphatic carboxylic acids is 1. The van der Waals surface area contributed by atoms with Crippen LogP contribution in [0.1, 0.15) is 37.7 Å². The number of carbonyl (C=O) groups excluding carboxylic acids is 2. The van der Waals surface area contributed by atoms with Crippen molar-refractivity contribution in [1.29, 1.82) is 0 Å². The summed E-state index contributed by atoms with van der Waals surface area (Å²) in [5, 5.41) is 13.5. The number of urea groups is 1. The normalized spacial score (nSPS) is 25.6. The van der Waals surface area contributed by atoms with Crippen molar-refractivity contribution in [3.8, 4) is 28.8 Å². The van der Waals surface area contributed by atoms with Gasteiger partial charge in [-0.05, 0) is 69.0 Å². The molecule has 4 atom stereocenters. The molecule has 3 aliphatic rings. The van der Waals surface area contributed by atoms with Crippen LogP contribution in [0.4, 0.5) is 4.79 Å². The number of rotatable bonds is 6. The zero-order valence-corrected chi connectivity index (χ0v) is 26.5. The van der Waals surface area contributed by atoms with Gasteiger partial charge in [-0.2, -0.15) is 4.98 Å². The van der Waals surface area contributed by atoms with Gasteiger partial charge in [0, 0.05) is 37.1 Å². The van der Waals surface area contributed by atoms with Gasteiger partial charge in [-0.25, -0.2) is 14.6 Å². The summed E-state index contributed by atoms with van der Waals surface area (Å²) in [5.41, 5.74) is 0.843. The first-order valence-corrected chi connectivity index (χ1v) is 15.6. The second-order valence-electron chi connectivity index (χ2n) is 12.2. The van der Waals surface area contributed by atoms with Crippen molar-refractivity contribution in [2.24, 2.45) is 5.92 Å². The van der Waals surface area contributed by atoms with E-state index in [0.717, 1.165) is 30.4 Å². The molecule has 0 spiro atoms. The first kappa shape index (κ1) is 31.1. The molecule has 0 bridgehead atoms. The molecule has 2 aliphatic heterocycles. The molecule has 1 saturated heterocycles. The zero-order valence-electron chi connectivity index (χ0n) is 26.5. The molecule has 3 aromatic rings. The van der Waals surface area contributed by atoms with Gasteiger partial charge in [0.15, 0.2) is 5.82 Å². The summed E-state index contributed by atoms with van der Waals surface area (Å²) < 4.78 is 17.4. The fourth-order valence-corrected chi connectivity index (χ4v) is 6.42. The topological polar surface area (TPSA) is 143 Å². The number of fused-ring (bicyclic) bond motifs is 3. The lowest BCUT2D eigenvalue weighted by atomic mass is 10.1. The lowest BCUT2D eigenvalue weighted by Gasteiger charge is -2.29. The number of allylic oxidation sites excluding steroid dienone is 1. The van der Waals surface area contributed by atoms with E-state index >= 15 is 0 Å². The number of carboxylic acids is 1. The minimum absolute atomic E-state index is 0.128. The van der Waals surface area contributed by atoms with Crippen LogP contribution in [0.5, 0.6) is 17.4 Å². The molecule has 1 aromatic heterocycles. The van der Waals surface area contributed by atoms with E-state index in [9.17, 15) is 19.5 Å². The molecular formula is C34H39N5O7. The van der Waals surface area contributed by atoms with Crippen LogP contribution in [-0.4, -0.2) is 94.8 Å². The van der Waals surface area contributed by atoms with Gasteiger partial charge in [0.05, 0.1) is 31.7 Å². The monoisotopic (exact) mass is 629 g/mol. The van der Waals surface area contributed by atoms with Crippen molar-refractivity contribution in [2.75, 3.05) is 34.4 Å². The van der Waals surface area contributed by atoms with E-state index in [0.29, 0.717) is 47.1 Å². The molecule has 12 heteroatoms. The quantitative estimate of drug-likeness (QED) is 0.384. The molecule has 2 N–H and O–H groups in total. The van der Waals surface area contributed by atoms with E-state index in [2.05, 4.69) is 5.32 Å². The maximum atomic E-state index is 13.8. The van der Waals surface area contributed by atoms with Crippen molar-refractivity contribution < 1.29 is 33.7 Å². The highest BCUT2D eigenvalue weighted by Gasteiger charge is 2.61. The third kappa shape index (κ3) is 5.79. The molecular weight excluding hydrogens is 590 g/mol. The van der Waals surface area contributed by atoms with Crippen LogP contribution >= 0.6 is 0 Å². The number of ether oxygens (including phenoxy) is 3. The number of benzene rings is 2. The van der Waals surface area contributed by atoms with Crippen molar-refractivity contribution in [3.05, 3.63) is 54.1 Å². The molecule has 0 unspecified atom stereocenters. The first-order valence-electron chi connectivity index (χ1n) is 15.6. The van der Waals surface area contributed by atoms with Crippen molar-refractivity contribution in [3.63, 3.8) is 0 Å². The van der Waals surface area contributed by atoms with E-state index < -0.39 is 29.6 Å². The van der Waals surface area contributed by atoms with Crippen molar-refractivity contribution in [1.82, 2.24) is 25.1 Å². The molecule has 3 heterocycles. The third-order valence-electron chi connectivity index (χ3n) is 9.25. The number of aryl methyl sites for hydroxylation is 1. The Hall–Kier alpha value is -4.87. The summed E-state index contributed by atoms with van der Waals surface area (Å²) in [7, 11) is 4.92. The lowest BCUT2D eigenvalue weighted by molar-refractivity contribution is -0.144. The number of hydrogen-bond donors (Lipinski definition) is 2. The Bertz CT molecular complexity index is 1690. The molecule has 2 fully saturated rings. The van der Waals surface area contributed by atoms with E-state index in [-0.39, 0.29) is 24.9 Å². The highest BCUT2D eigenvalue weighted by atomic mass is 16.5. The van der Waals surface area contributed by atoms with Crippen molar-refractivity contribution >= 4 is 28.8 Å². The number of nitrogens with zero attached hydrogens (tertiary/aromatic N) is 4. The SMILES string of the molecule is COc1ccc(-c2nc(O[C@@H]3C[C@H]4C(=O)N[C@]5(C(=O)O)C[C@H]5/C=C\CCCCN(C)C(=O)N4C3)c3ccc(OC)c(C)c3n2)cc1. The maximum Gasteiger partial charge on any atom is 0.330 e. The Balaban J connectivity index is 1.35. The van der Waals surface area contributed by atoms with Crippen molar-refractivity contribution in [2.45, 2.75) is 56.7 Å². The molecule has 6 rings (SSSR count). The molecule has 2 aromatic carbocycles. The average molecular weight is 630 g/mol. The van der Waals surface area contributed by atoms with Crippen LogP contribution in [0.2, 0.25) is 0 Å². The Labute approximate surface area is 267 Å². The zero-order chi connectivity index (χ0) is 32.6. The summed E-state index contributed by atoms with van der Waals surface area (Å²) in [6, 6.07) is 9.82. The summed E-state index contributed by atoms with van der Waals surface area (Å²) in [6.07, 6.45) is 6.19. The molecule has 0 radical (unpaired) electrons. The Morgan fingerprint density at radius 2 is 1.85 bits per heavy atom. The predicted octanol–water partition coefficient (Wildman–Crippen LogP) is 4.20. The van der Waals surface area contributed by atoms with E-state index in [1.165, 1.54) is 4.90 Å². The van der Waals surface area contributed by atoms with Gasteiger partial charge in [-0.1, -0.05) is 12.2 Å². The van der Waals surface area contributed by atoms with Crippen LogP contribution in [-0.2, 0) is 9.59 Å². The summed E-state index contributed by atoms with van der Waals surface area (Å²) in [5.74, 6) is 0.240. The molecule has 12 nitrogen and oxygen atoms in total. The number of carbonyl (C=O) groups is 3. The standard InChI is InChI=1S/C34H39N5O7/c1-20-27(45-4)15-14-25-28(20)35-29(21-10-12-23(44-3)13-11-21)36-31(25)46-24-17-26-30(40)37-34(32(41)42)18-22(34)9-7-5-6-8-16-38(2)33(43)39(26)19-24/h7,9-15,22,24,26H,5-6,8,16-19H2,1-4H3,(H,37,40)(H,41,42)/b9-7-/t22-,24-,26+,34-/m1/s1. The number of methoxy groups -OCH3 is 2. The first-order chi connectivity index (χ1) is 22.1. The average Bonchev–Trinajstić information content (AvgIpc) is 3.59. The predicted molar refractivity (Wildman–Crippen MR) is 170 cm³/mol. The molecule has 46 heavy (non-hydrogen) atoms. The van der Waals surface area contributed by atoms with Gasteiger partial charge in [-0.3, -0.25) is 4.79 Å². The van der Waals surface area contributed by atoms with Gasteiger partial charge < -0.3 is 34.4 Å². The number of aromatic nitrogens is 2. The summed E-state index contributed by atoms with van der Waals surface area (Å²) in [6.45, 7) is 2.58.